The molecule has 7 rings (SSSR count). The molecule has 3 aromatic carbocycles. The van der Waals surface area contributed by atoms with Crippen molar-refractivity contribution in [2.75, 3.05) is 27.9 Å². The van der Waals surface area contributed by atoms with Crippen molar-refractivity contribution in [2.45, 2.75) is 69.7 Å². The Kier molecular flexibility index (Phi) is 6.79. The van der Waals surface area contributed by atoms with Crippen molar-refractivity contribution in [1.82, 2.24) is 4.90 Å². The fourth-order valence-electron chi connectivity index (χ4n) is 8.24. The van der Waals surface area contributed by atoms with Gasteiger partial charge in [0.1, 0.15) is 5.75 Å². The number of hydrogen-bond donors (Lipinski definition) is 1. The van der Waals surface area contributed by atoms with Crippen molar-refractivity contribution < 1.29 is 32.0 Å². The van der Waals surface area contributed by atoms with Crippen LogP contribution in [0.25, 0.3) is 21.5 Å². The van der Waals surface area contributed by atoms with Gasteiger partial charge in [-0.2, -0.15) is 8.42 Å². The number of ketones is 1. The van der Waals surface area contributed by atoms with E-state index in [1.807, 2.05) is 0 Å². The average Bonchev–Trinajstić information content (AvgIpc) is 3.58. The van der Waals surface area contributed by atoms with Crippen LogP contribution in [0.2, 0.25) is 0 Å². The Balaban J connectivity index is 0.000000182. The van der Waals surface area contributed by atoms with Gasteiger partial charge in [0, 0.05) is 19.0 Å². The summed E-state index contributed by atoms with van der Waals surface area (Å²) in [4.78, 5) is 14.3. The molecule has 9 heteroatoms. The summed E-state index contributed by atoms with van der Waals surface area (Å²) in [6, 6.07) is 11.4. The quantitative estimate of drug-likeness (QED) is 0.316. The Hall–Kier alpha value is -2.88. The van der Waals surface area contributed by atoms with Crippen LogP contribution in [0.15, 0.2) is 30.3 Å². The van der Waals surface area contributed by atoms with Gasteiger partial charge in [-0.3, -0.25) is 14.2 Å². The van der Waals surface area contributed by atoms with E-state index < -0.39 is 20.3 Å². The van der Waals surface area contributed by atoms with Crippen LogP contribution in [-0.2, 0) is 27.9 Å². The van der Waals surface area contributed by atoms with Crippen LogP contribution >= 0.6 is 0 Å². The number of Topliss-reactive ketones (excluding diaryl/α,β-unsaturated/α-hetero) is 1. The average molecular weight is 582 g/mol. The van der Waals surface area contributed by atoms with Crippen LogP contribution in [0.3, 0.4) is 0 Å². The number of ether oxygens (including phenoxy) is 3. The number of carbonyl (C=O) groups excluding carboxylic acids is 1. The molecule has 3 aromatic rings. The van der Waals surface area contributed by atoms with E-state index in [2.05, 4.69) is 35.2 Å². The second kappa shape index (κ2) is 9.85. The van der Waals surface area contributed by atoms with E-state index in [1.165, 1.54) is 52.1 Å². The van der Waals surface area contributed by atoms with E-state index in [1.54, 1.807) is 35.2 Å². The monoisotopic (exact) mass is 581 g/mol. The summed E-state index contributed by atoms with van der Waals surface area (Å²) in [7, 11) is 0.846. The second-order valence-corrected chi connectivity index (χ2v) is 14.1. The molecule has 2 bridgehead atoms. The van der Waals surface area contributed by atoms with Gasteiger partial charge in [-0.25, -0.2) is 0 Å². The largest absolute Gasteiger partial charge is 0.497 e. The first-order chi connectivity index (χ1) is 19.5. The highest BCUT2D eigenvalue weighted by Crippen LogP contribution is 2.61. The Morgan fingerprint density at radius 3 is 2.12 bits per heavy atom. The standard InChI is InChI=1S/C23H25NO3.C9H14O4S/c1-25-15-6-7-16-18(10-15)20-12-23(27-3)22(26-2)11-19(20)17-9-14-5-4-8-24(14)13-21(16)17;1-8(2)6-3-4-9(8,7(10)5-6)14(11,12)13/h6-7,10-12,14H,4-5,8-9,13H2,1-3H3;6H,3-5H2,1-2H3,(H,11,12,13). The predicted molar refractivity (Wildman–Crippen MR) is 159 cm³/mol. The summed E-state index contributed by atoms with van der Waals surface area (Å²) < 4.78 is 47.2. The summed E-state index contributed by atoms with van der Waals surface area (Å²) in [5.41, 5.74) is 2.33. The zero-order chi connectivity index (χ0) is 29.3. The normalized spacial score (nSPS) is 26.4. The minimum atomic E-state index is -4.28. The Morgan fingerprint density at radius 2 is 1.56 bits per heavy atom. The molecule has 0 radical (unpaired) electrons. The lowest BCUT2D eigenvalue weighted by atomic mass is 9.81. The van der Waals surface area contributed by atoms with Crippen molar-refractivity contribution in [3.05, 3.63) is 41.5 Å². The number of benzene rings is 3. The van der Waals surface area contributed by atoms with Crippen molar-refractivity contribution in [3.8, 4) is 17.2 Å². The van der Waals surface area contributed by atoms with Crippen molar-refractivity contribution in [1.29, 1.82) is 0 Å². The number of fused-ring (bicyclic) bond motifs is 9. The summed E-state index contributed by atoms with van der Waals surface area (Å²) >= 11 is 0. The second-order valence-electron chi connectivity index (χ2n) is 12.5. The molecule has 3 fully saturated rings. The summed E-state index contributed by atoms with van der Waals surface area (Å²) in [5.74, 6) is 2.25. The van der Waals surface area contributed by atoms with Crippen molar-refractivity contribution in [3.63, 3.8) is 0 Å². The minimum Gasteiger partial charge on any atom is -0.497 e. The van der Waals surface area contributed by atoms with E-state index in [4.69, 9.17) is 14.2 Å². The number of hydrogen-bond acceptors (Lipinski definition) is 7. The number of methoxy groups -OCH3 is 3. The van der Waals surface area contributed by atoms with Gasteiger partial charge in [0.05, 0.1) is 21.3 Å². The van der Waals surface area contributed by atoms with Gasteiger partial charge in [-0.1, -0.05) is 19.9 Å². The van der Waals surface area contributed by atoms with Crippen LogP contribution in [-0.4, -0.2) is 62.3 Å². The predicted octanol–water partition coefficient (Wildman–Crippen LogP) is 5.56. The maximum Gasteiger partial charge on any atom is 0.278 e. The molecule has 2 heterocycles. The molecule has 0 spiro atoms. The Bertz CT molecular complexity index is 1660. The molecule has 8 nitrogen and oxygen atoms in total. The van der Waals surface area contributed by atoms with E-state index in [9.17, 15) is 17.8 Å². The van der Waals surface area contributed by atoms with Gasteiger partial charge in [-0.15, -0.1) is 0 Å². The van der Waals surface area contributed by atoms with Crippen LogP contribution < -0.4 is 14.2 Å². The highest BCUT2D eigenvalue weighted by molar-refractivity contribution is 7.88. The molecular weight excluding hydrogens is 542 g/mol. The Labute approximate surface area is 241 Å². The maximum atomic E-state index is 11.7. The van der Waals surface area contributed by atoms with Crippen LogP contribution in [0, 0.1) is 11.3 Å². The van der Waals surface area contributed by atoms with Crippen LogP contribution in [0.5, 0.6) is 17.2 Å². The molecule has 2 aliphatic carbocycles. The first kappa shape index (κ1) is 28.2. The zero-order valence-electron chi connectivity index (χ0n) is 24.5. The van der Waals surface area contributed by atoms with Gasteiger partial charge in [0.2, 0.25) is 0 Å². The summed E-state index contributed by atoms with van der Waals surface area (Å²) in [5, 5.41) is 5.05. The van der Waals surface area contributed by atoms with Crippen molar-refractivity contribution >= 4 is 37.4 Å². The van der Waals surface area contributed by atoms with Gasteiger partial charge < -0.3 is 14.2 Å². The third-order valence-electron chi connectivity index (χ3n) is 10.6. The van der Waals surface area contributed by atoms with Gasteiger partial charge >= 0.3 is 0 Å². The van der Waals surface area contributed by atoms with E-state index >= 15 is 0 Å². The maximum absolute atomic E-state index is 11.7. The highest BCUT2D eigenvalue weighted by Gasteiger charge is 2.70. The number of carbonyl (C=O) groups is 1. The first-order valence-electron chi connectivity index (χ1n) is 14.4. The molecule has 1 N–H and O–H groups in total. The molecule has 4 aliphatic rings. The van der Waals surface area contributed by atoms with Gasteiger partial charge in [-0.05, 0) is 107 Å². The van der Waals surface area contributed by atoms with E-state index in [0.29, 0.717) is 12.5 Å². The lowest BCUT2D eigenvalue weighted by Crippen LogP contribution is -2.50. The molecule has 0 aromatic heterocycles. The van der Waals surface area contributed by atoms with E-state index in [0.717, 1.165) is 36.6 Å². The van der Waals surface area contributed by atoms with Crippen LogP contribution in [0.1, 0.15) is 57.1 Å². The third kappa shape index (κ3) is 4.07. The fourth-order valence-corrected chi connectivity index (χ4v) is 9.82. The SMILES string of the molecule is CC1(C)C2CCC1(S(=O)(=O)O)C(=O)C2.COc1ccc2c3c(c4cc(OC)c(OC)cc4c2c1)CC1CCCN1C3. The lowest BCUT2D eigenvalue weighted by Gasteiger charge is -2.33. The molecule has 2 saturated carbocycles. The fraction of sp³-hybridized carbons (Fsp3) is 0.531. The molecule has 1 saturated heterocycles. The molecule has 220 valence electrons. The minimum absolute atomic E-state index is 0.108. The van der Waals surface area contributed by atoms with E-state index in [-0.39, 0.29) is 18.1 Å². The molecule has 3 atom stereocenters. The molecule has 3 unspecified atom stereocenters. The molecule has 2 aliphatic heterocycles. The summed E-state index contributed by atoms with van der Waals surface area (Å²) in [6.45, 7) is 5.78. The zero-order valence-corrected chi connectivity index (χ0v) is 25.3. The smallest absolute Gasteiger partial charge is 0.278 e. The molecule has 41 heavy (non-hydrogen) atoms. The van der Waals surface area contributed by atoms with Crippen molar-refractivity contribution in [2.24, 2.45) is 11.3 Å². The summed E-state index contributed by atoms with van der Waals surface area (Å²) in [6.07, 6.45) is 5.02. The Morgan fingerprint density at radius 1 is 0.878 bits per heavy atom. The van der Waals surface area contributed by atoms with Gasteiger partial charge in [0.25, 0.3) is 10.1 Å². The topological polar surface area (TPSA) is 102 Å². The van der Waals surface area contributed by atoms with Gasteiger partial charge in [0.15, 0.2) is 22.0 Å². The molecular formula is C32H39NO7S. The highest BCUT2D eigenvalue weighted by atomic mass is 32.2. The number of rotatable bonds is 4. The first-order valence-corrected chi connectivity index (χ1v) is 15.8. The number of nitrogens with zero attached hydrogens (tertiary/aromatic N) is 1. The lowest BCUT2D eigenvalue weighted by molar-refractivity contribution is -0.121. The van der Waals surface area contributed by atoms with Crippen LogP contribution in [0.4, 0.5) is 0 Å². The third-order valence-corrected chi connectivity index (χ3v) is 12.4. The molecule has 0 amide bonds.